The standard InChI is InChI=1S/C18H22N2O3S/c1-13-5-3-6-15(11-13)9-10-18(21)20-14(2)16-7-4-8-17(12-16)24(19,22)23/h3-8,11-12,14H,9-10H2,1-2H3,(H,20,21)(H2,19,22,23). The van der Waals surface area contributed by atoms with Crippen molar-refractivity contribution in [1.82, 2.24) is 5.32 Å². The first-order valence-corrected chi connectivity index (χ1v) is 9.28. The molecular formula is C18H22N2O3S. The topological polar surface area (TPSA) is 89.3 Å². The predicted octanol–water partition coefficient (Wildman–Crippen LogP) is 2.45. The van der Waals surface area contributed by atoms with Crippen LogP contribution in [0.25, 0.3) is 0 Å². The van der Waals surface area contributed by atoms with E-state index in [1.165, 1.54) is 17.7 Å². The molecule has 128 valence electrons. The molecule has 0 aliphatic heterocycles. The Kier molecular flexibility index (Phi) is 5.75. The molecule has 0 aliphatic carbocycles. The highest BCUT2D eigenvalue weighted by molar-refractivity contribution is 7.89. The first-order chi connectivity index (χ1) is 11.3. The van der Waals surface area contributed by atoms with Crippen LogP contribution in [0.1, 0.15) is 36.1 Å². The van der Waals surface area contributed by atoms with Crippen LogP contribution in [0.3, 0.4) is 0 Å². The lowest BCUT2D eigenvalue weighted by Crippen LogP contribution is -2.27. The Balaban J connectivity index is 1.96. The number of carbonyl (C=O) groups excluding carboxylic acids is 1. The maximum Gasteiger partial charge on any atom is 0.238 e. The SMILES string of the molecule is Cc1cccc(CCC(=O)NC(C)c2cccc(S(N)(=O)=O)c2)c1. The predicted molar refractivity (Wildman–Crippen MR) is 93.9 cm³/mol. The number of amides is 1. The van der Waals surface area contributed by atoms with Gasteiger partial charge in [-0.05, 0) is 43.5 Å². The van der Waals surface area contributed by atoms with E-state index in [4.69, 9.17) is 5.14 Å². The average Bonchev–Trinajstić information content (AvgIpc) is 2.52. The first-order valence-electron chi connectivity index (χ1n) is 7.73. The monoisotopic (exact) mass is 346 g/mol. The summed E-state index contributed by atoms with van der Waals surface area (Å²) < 4.78 is 22.8. The van der Waals surface area contributed by atoms with E-state index in [-0.39, 0.29) is 16.8 Å². The van der Waals surface area contributed by atoms with E-state index in [0.717, 1.165) is 5.56 Å². The molecule has 3 N–H and O–H groups in total. The lowest BCUT2D eigenvalue weighted by atomic mass is 10.1. The van der Waals surface area contributed by atoms with Gasteiger partial charge in [0.15, 0.2) is 0 Å². The van der Waals surface area contributed by atoms with Gasteiger partial charge in [0, 0.05) is 6.42 Å². The zero-order valence-electron chi connectivity index (χ0n) is 13.8. The molecule has 1 atom stereocenters. The molecule has 2 rings (SSSR count). The Hall–Kier alpha value is -2.18. The van der Waals surface area contributed by atoms with Gasteiger partial charge in [0.05, 0.1) is 10.9 Å². The Bertz CT molecular complexity index is 832. The highest BCUT2D eigenvalue weighted by Crippen LogP contribution is 2.17. The number of benzene rings is 2. The third kappa shape index (κ3) is 5.18. The van der Waals surface area contributed by atoms with Crippen LogP contribution in [0.2, 0.25) is 0 Å². The number of hydrogen-bond donors (Lipinski definition) is 2. The zero-order valence-corrected chi connectivity index (χ0v) is 14.6. The molecule has 24 heavy (non-hydrogen) atoms. The molecule has 0 aliphatic rings. The minimum Gasteiger partial charge on any atom is -0.350 e. The van der Waals surface area contributed by atoms with Crippen LogP contribution in [0.4, 0.5) is 0 Å². The third-order valence-electron chi connectivity index (χ3n) is 3.79. The summed E-state index contributed by atoms with van der Waals surface area (Å²) in [6.45, 7) is 3.83. The maximum atomic E-state index is 12.1. The molecule has 5 nitrogen and oxygen atoms in total. The molecule has 0 spiro atoms. The Morgan fingerprint density at radius 2 is 1.88 bits per heavy atom. The lowest BCUT2D eigenvalue weighted by molar-refractivity contribution is -0.121. The minimum atomic E-state index is -3.75. The molecule has 0 heterocycles. The van der Waals surface area contributed by atoms with Gasteiger partial charge in [0.25, 0.3) is 0 Å². The molecule has 0 radical (unpaired) electrons. The molecule has 1 amide bonds. The van der Waals surface area contributed by atoms with Crippen LogP contribution < -0.4 is 10.5 Å². The molecule has 0 saturated heterocycles. The fourth-order valence-corrected chi connectivity index (χ4v) is 3.05. The maximum absolute atomic E-state index is 12.1. The highest BCUT2D eigenvalue weighted by atomic mass is 32.2. The second kappa shape index (κ2) is 7.59. The van der Waals surface area contributed by atoms with Crippen molar-refractivity contribution in [2.24, 2.45) is 5.14 Å². The van der Waals surface area contributed by atoms with Crippen LogP contribution in [0.15, 0.2) is 53.4 Å². The van der Waals surface area contributed by atoms with Crippen molar-refractivity contribution in [2.75, 3.05) is 0 Å². The van der Waals surface area contributed by atoms with E-state index in [1.807, 2.05) is 32.0 Å². The van der Waals surface area contributed by atoms with Gasteiger partial charge in [-0.2, -0.15) is 0 Å². The van der Waals surface area contributed by atoms with Crippen LogP contribution in [-0.4, -0.2) is 14.3 Å². The molecule has 0 saturated carbocycles. The van der Waals surface area contributed by atoms with Gasteiger partial charge in [0.2, 0.25) is 15.9 Å². The van der Waals surface area contributed by atoms with E-state index in [9.17, 15) is 13.2 Å². The van der Waals surface area contributed by atoms with Crippen LogP contribution >= 0.6 is 0 Å². The zero-order chi connectivity index (χ0) is 17.7. The smallest absolute Gasteiger partial charge is 0.238 e. The quantitative estimate of drug-likeness (QED) is 0.842. The number of carbonyl (C=O) groups is 1. The van der Waals surface area contributed by atoms with Gasteiger partial charge in [-0.25, -0.2) is 13.6 Å². The number of nitrogens with two attached hydrogens (primary N) is 1. The Morgan fingerprint density at radius 1 is 1.17 bits per heavy atom. The van der Waals surface area contributed by atoms with Gasteiger partial charge in [-0.3, -0.25) is 4.79 Å². The Morgan fingerprint density at radius 3 is 2.54 bits per heavy atom. The second-order valence-electron chi connectivity index (χ2n) is 5.90. The summed E-state index contributed by atoms with van der Waals surface area (Å²) in [5.74, 6) is -0.0787. The summed E-state index contributed by atoms with van der Waals surface area (Å²) in [4.78, 5) is 12.2. The summed E-state index contributed by atoms with van der Waals surface area (Å²) in [5.41, 5.74) is 2.99. The first kappa shape index (κ1) is 18.2. The van der Waals surface area contributed by atoms with Crippen molar-refractivity contribution in [3.8, 4) is 0 Å². The fourth-order valence-electron chi connectivity index (χ4n) is 2.48. The molecule has 0 bridgehead atoms. The van der Waals surface area contributed by atoms with Crippen molar-refractivity contribution < 1.29 is 13.2 Å². The molecule has 0 fully saturated rings. The number of rotatable bonds is 6. The molecule has 2 aromatic carbocycles. The van der Waals surface area contributed by atoms with Crippen molar-refractivity contribution in [1.29, 1.82) is 0 Å². The molecule has 0 aromatic heterocycles. The van der Waals surface area contributed by atoms with Gasteiger partial charge in [-0.15, -0.1) is 0 Å². The van der Waals surface area contributed by atoms with Crippen LogP contribution in [-0.2, 0) is 21.2 Å². The van der Waals surface area contributed by atoms with Crippen LogP contribution in [0, 0.1) is 6.92 Å². The van der Waals surface area contributed by atoms with Crippen molar-refractivity contribution >= 4 is 15.9 Å². The summed E-state index contributed by atoms with van der Waals surface area (Å²) in [6, 6.07) is 14.1. The lowest BCUT2D eigenvalue weighted by Gasteiger charge is -2.15. The minimum absolute atomic E-state index is 0.0425. The van der Waals surface area contributed by atoms with Gasteiger partial charge in [0.1, 0.15) is 0 Å². The van der Waals surface area contributed by atoms with E-state index in [1.54, 1.807) is 12.1 Å². The van der Waals surface area contributed by atoms with Crippen LogP contribution in [0.5, 0.6) is 0 Å². The van der Waals surface area contributed by atoms with E-state index < -0.39 is 10.0 Å². The number of primary sulfonamides is 1. The molecule has 6 heteroatoms. The van der Waals surface area contributed by atoms with E-state index in [2.05, 4.69) is 11.4 Å². The number of nitrogens with one attached hydrogen (secondary N) is 1. The second-order valence-corrected chi connectivity index (χ2v) is 7.46. The molecular weight excluding hydrogens is 324 g/mol. The van der Waals surface area contributed by atoms with E-state index >= 15 is 0 Å². The van der Waals surface area contributed by atoms with Crippen molar-refractivity contribution in [3.05, 3.63) is 65.2 Å². The highest BCUT2D eigenvalue weighted by Gasteiger charge is 2.13. The number of sulfonamides is 1. The third-order valence-corrected chi connectivity index (χ3v) is 4.70. The number of hydrogen-bond acceptors (Lipinski definition) is 3. The van der Waals surface area contributed by atoms with Gasteiger partial charge >= 0.3 is 0 Å². The molecule has 1 unspecified atom stereocenters. The van der Waals surface area contributed by atoms with Gasteiger partial charge < -0.3 is 5.32 Å². The molecule has 2 aromatic rings. The summed E-state index contributed by atoms with van der Waals surface area (Å²) in [5, 5.41) is 8.02. The summed E-state index contributed by atoms with van der Waals surface area (Å²) in [6.07, 6.45) is 1.04. The normalized spacial score (nSPS) is 12.6. The number of aryl methyl sites for hydroxylation is 2. The average molecular weight is 346 g/mol. The van der Waals surface area contributed by atoms with Gasteiger partial charge in [-0.1, -0.05) is 42.0 Å². The van der Waals surface area contributed by atoms with Crippen molar-refractivity contribution in [3.63, 3.8) is 0 Å². The summed E-state index contributed by atoms with van der Waals surface area (Å²) >= 11 is 0. The fraction of sp³-hybridized carbons (Fsp3) is 0.278. The Labute approximate surface area is 142 Å². The van der Waals surface area contributed by atoms with E-state index in [0.29, 0.717) is 18.4 Å². The largest absolute Gasteiger partial charge is 0.350 e. The van der Waals surface area contributed by atoms with Crippen molar-refractivity contribution in [2.45, 2.75) is 37.6 Å². The summed E-state index contributed by atoms with van der Waals surface area (Å²) in [7, 11) is -3.75.